The van der Waals surface area contributed by atoms with Crippen molar-refractivity contribution in [1.82, 2.24) is 0 Å². The summed E-state index contributed by atoms with van der Waals surface area (Å²) in [5, 5.41) is 0. The molecule has 0 bridgehead atoms. The molecule has 0 saturated heterocycles. The third-order valence-electron chi connectivity index (χ3n) is 5.36. The van der Waals surface area contributed by atoms with Crippen LogP contribution in [0, 0.1) is 0 Å². The molecular weight excluding hydrogens is 304 g/mol. The lowest BCUT2D eigenvalue weighted by atomic mass is 10.0. The van der Waals surface area contributed by atoms with E-state index in [2.05, 4.69) is 20.8 Å². The molecule has 1 atom stereocenters. The molecule has 0 rings (SSSR count). The van der Waals surface area contributed by atoms with Crippen LogP contribution >= 0.6 is 0 Å². The van der Waals surface area contributed by atoms with Crippen molar-refractivity contribution in [1.29, 1.82) is 0 Å². The maximum atomic E-state index is 6.24. The van der Waals surface area contributed by atoms with Crippen LogP contribution < -0.4 is 0 Å². The lowest BCUT2D eigenvalue weighted by Gasteiger charge is -2.18. The Kier molecular flexibility index (Phi) is 22.0. The summed E-state index contributed by atoms with van der Waals surface area (Å²) in [4.78, 5) is 0. The molecule has 0 aromatic carbocycles. The van der Waals surface area contributed by atoms with Crippen molar-refractivity contribution in [3.05, 3.63) is 0 Å². The standard InChI is InChI=1S/C24H50O/c1-4-7-10-12-13-14-15-16-17-20-23-25-24(21-18-9-6-3)22-19-11-8-5-2/h24H,4-23H2,1-3H3. The fourth-order valence-corrected chi connectivity index (χ4v) is 3.57. The summed E-state index contributed by atoms with van der Waals surface area (Å²) in [5.74, 6) is 0. The third-order valence-corrected chi connectivity index (χ3v) is 5.36. The molecule has 0 spiro atoms. The molecule has 0 heterocycles. The smallest absolute Gasteiger partial charge is 0.0575 e. The number of hydrogen-bond acceptors (Lipinski definition) is 1. The van der Waals surface area contributed by atoms with Crippen molar-refractivity contribution in [2.75, 3.05) is 6.61 Å². The third kappa shape index (κ3) is 20.1. The first-order valence-electron chi connectivity index (χ1n) is 12.0. The maximum absolute atomic E-state index is 6.24. The van der Waals surface area contributed by atoms with Crippen LogP contribution in [0.5, 0.6) is 0 Å². The minimum absolute atomic E-state index is 0.543. The van der Waals surface area contributed by atoms with E-state index in [4.69, 9.17) is 4.74 Å². The Bertz CT molecular complexity index is 226. The minimum Gasteiger partial charge on any atom is -0.378 e. The van der Waals surface area contributed by atoms with Gasteiger partial charge in [0.25, 0.3) is 0 Å². The van der Waals surface area contributed by atoms with E-state index < -0.39 is 0 Å². The predicted molar refractivity (Wildman–Crippen MR) is 114 cm³/mol. The molecule has 0 aliphatic carbocycles. The molecule has 0 aliphatic rings. The van der Waals surface area contributed by atoms with Gasteiger partial charge in [-0.2, -0.15) is 0 Å². The molecule has 0 fully saturated rings. The van der Waals surface area contributed by atoms with Crippen LogP contribution in [0.4, 0.5) is 0 Å². The first-order valence-corrected chi connectivity index (χ1v) is 12.0. The average molecular weight is 355 g/mol. The van der Waals surface area contributed by atoms with E-state index in [1.807, 2.05) is 0 Å². The molecule has 0 N–H and O–H groups in total. The van der Waals surface area contributed by atoms with Crippen LogP contribution in [0.2, 0.25) is 0 Å². The van der Waals surface area contributed by atoms with Crippen molar-refractivity contribution < 1.29 is 4.74 Å². The first kappa shape index (κ1) is 25.0. The van der Waals surface area contributed by atoms with Crippen LogP contribution in [0.15, 0.2) is 0 Å². The highest BCUT2D eigenvalue weighted by Crippen LogP contribution is 2.16. The molecule has 0 aromatic rings. The van der Waals surface area contributed by atoms with Gasteiger partial charge in [0.2, 0.25) is 0 Å². The van der Waals surface area contributed by atoms with Gasteiger partial charge in [-0.05, 0) is 19.3 Å². The molecule has 0 saturated carbocycles. The topological polar surface area (TPSA) is 9.23 Å². The zero-order valence-electron chi connectivity index (χ0n) is 18.1. The van der Waals surface area contributed by atoms with Gasteiger partial charge in [-0.1, -0.05) is 124 Å². The van der Waals surface area contributed by atoms with Crippen LogP contribution in [0.1, 0.15) is 143 Å². The molecule has 0 aliphatic heterocycles. The Balaban J connectivity index is 3.51. The van der Waals surface area contributed by atoms with E-state index in [1.165, 1.54) is 122 Å². The first-order chi connectivity index (χ1) is 12.3. The summed E-state index contributed by atoms with van der Waals surface area (Å²) >= 11 is 0. The summed E-state index contributed by atoms with van der Waals surface area (Å²) in [6, 6.07) is 0. The molecule has 0 amide bonds. The van der Waals surface area contributed by atoms with Gasteiger partial charge in [0.05, 0.1) is 6.10 Å². The van der Waals surface area contributed by atoms with Gasteiger partial charge in [-0.25, -0.2) is 0 Å². The van der Waals surface area contributed by atoms with Crippen LogP contribution in [-0.2, 0) is 4.74 Å². The van der Waals surface area contributed by atoms with Gasteiger partial charge >= 0.3 is 0 Å². The van der Waals surface area contributed by atoms with Crippen molar-refractivity contribution in [2.45, 2.75) is 149 Å². The zero-order chi connectivity index (χ0) is 18.4. The number of unbranched alkanes of at least 4 members (excludes halogenated alkanes) is 14. The van der Waals surface area contributed by atoms with Gasteiger partial charge in [-0.15, -0.1) is 0 Å². The molecule has 0 radical (unpaired) electrons. The predicted octanol–water partition coefficient (Wildman–Crippen LogP) is 8.84. The number of hydrogen-bond donors (Lipinski definition) is 0. The molecule has 1 nitrogen and oxygen atoms in total. The van der Waals surface area contributed by atoms with Crippen molar-refractivity contribution in [3.63, 3.8) is 0 Å². The summed E-state index contributed by atoms with van der Waals surface area (Å²) < 4.78 is 6.24. The van der Waals surface area contributed by atoms with Crippen LogP contribution in [0.3, 0.4) is 0 Å². The van der Waals surface area contributed by atoms with E-state index in [0.717, 1.165) is 6.61 Å². The van der Waals surface area contributed by atoms with Gasteiger partial charge in [0, 0.05) is 6.61 Å². The quantitative estimate of drug-likeness (QED) is 0.187. The fraction of sp³-hybridized carbons (Fsp3) is 1.00. The van der Waals surface area contributed by atoms with Gasteiger partial charge < -0.3 is 4.74 Å². The molecule has 1 unspecified atom stereocenters. The lowest BCUT2D eigenvalue weighted by Crippen LogP contribution is -2.14. The van der Waals surface area contributed by atoms with Crippen molar-refractivity contribution in [3.8, 4) is 0 Å². The molecule has 0 aromatic heterocycles. The minimum atomic E-state index is 0.543. The van der Waals surface area contributed by atoms with Gasteiger partial charge in [0.1, 0.15) is 0 Å². The SMILES string of the molecule is CCCCCCCCCCCCOC(CCCCC)CCCCCC. The second-order valence-electron chi connectivity index (χ2n) is 8.02. The summed E-state index contributed by atoms with van der Waals surface area (Å²) in [6.45, 7) is 7.88. The number of ether oxygens (including phenoxy) is 1. The fourth-order valence-electron chi connectivity index (χ4n) is 3.57. The Labute approximate surface area is 160 Å². The second kappa shape index (κ2) is 22.0. The number of rotatable bonds is 21. The maximum Gasteiger partial charge on any atom is 0.0575 e. The Morgan fingerprint density at radius 2 is 0.800 bits per heavy atom. The Morgan fingerprint density at radius 1 is 0.440 bits per heavy atom. The highest BCUT2D eigenvalue weighted by Gasteiger charge is 2.08. The zero-order valence-corrected chi connectivity index (χ0v) is 18.1. The second-order valence-corrected chi connectivity index (χ2v) is 8.02. The molecule has 25 heavy (non-hydrogen) atoms. The normalized spacial score (nSPS) is 12.6. The Morgan fingerprint density at radius 3 is 1.32 bits per heavy atom. The summed E-state index contributed by atoms with van der Waals surface area (Å²) in [7, 11) is 0. The largest absolute Gasteiger partial charge is 0.378 e. The van der Waals surface area contributed by atoms with E-state index in [0.29, 0.717) is 6.10 Å². The van der Waals surface area contributed by atoms with Gasteiger partial charge in [-0.3, -0.25) is 0 Å². The average Bonchev–Trinajstić information content (AvgIpc) is 2.62. The van der Waals surface area contributed by atoms with Crippen molar-refractivity contribution in [2.24, 2.45) is 0 Å². The summed E-state index contributed by atoms with van der Waals surface area (Å²) in [5.41, 5.74) is 0. The van der Waals surface area contributed by atoms with Crippen LogP contribution in [0.25, 0.3) is 0 Å². The van der Waals surface area contributed by atoms with E-state index in [1.54, 1.807) is 0 Å². The Hall–Kier alpha value is -0.0400. The highest BCUT2D eigenvalue weighted by atomic mass is 16.5. The highest BCUT2D eigenvalue weighted by molar-refractivity contribution is 4.60. The molecular formula is C24H50O. The molecule has 1 heteroatoms. The lowest BCUT2D eigenvalue weighted by molar-refractivity contribution is 0.0358. The summed E-state index contributed by atoms with van der Waals surface area (Å²) in [6.07, 6.45) is 26.7. The monoisotopic (exact) mass is 354 g/mol. The molecule has 152 valence electrons. The van der Waals surface area contributed by atoms with E-state index in [-0.39, 0.29) is 0 Å². The van der Waals surface area contributed by atoms with Crippen LogP contribution in [-0.4, -0.2) is 12.7 Å². The van der Waals surface area contributed by atoms with Gasteiger partial charge in [0.15, 0.2) is 0 Å². The van der Waals surface area contributed by atoms with E-state index in [9.17, 15) is 0 Å². The van der Waals surface area contributed by atoms with E-state index >= 15 is 0 Å². The van der Waals surface area contributed by atoms with Crippen molar-refractivity contribution >= 4 is 0 Å².